The van der Waals surface area contributed by atoms with Crippen LogP contribution in [0, 0.1) is 28.4 Å². The standard InChI is InChI=1S/C18H27F2N/c1-6-10-21-14(16-17(2,3)18(16,4)5)11-12-8-7-9-13(19)15(12)20/h7-9,14,16,21H,6,10-11H2,1-5H3. The summed E-state index contributed by atoms with van der Waals surface area (Å²) in [5, 5.41) is 3.55. The fourth-order valence-electron chi connectivity index (χ4n) is 3.83. The zero-order chi connectivity index (χ0) is 15.8. The summed E-state index contributed by atoms with van der Waals surface area (Å²) in [6.45, 7) is 12.1. The molecule has 0 radical (unpaired) electrons. The second-order valence-electron chi connectivity index (χ2n) is 7.40. The highest BCUT2D eigenvalue weighted by atomic mass is 19.2. The van der Waals surface area contributed by atoms with Crippen LogP contribution in [-0.4, -0.2) is 12.6 Å². The Morgan fingerprint density at radius 3 is 2.29 bits per heavy atom. The average molecular weight is 295 g/mol. The summed E-state index contributed by atoms with van der Waals surface area (Å²) in [4.78, 5) is 0. The second kappa shape index (κ2) is 5.68. The van der Waals surface area contributed by atoms with E-state index in [0.717, 1.165) is 13.0 Å². The average Bonchev–Trinajstić information content (AvgIpc) is 2.81. The summed E-state index contributed by atoms with van der Waals surface area (Å²) in [5.41, 5.74) is 0.923. The molecule has 1 aliphatic rings. The van der Waals surface area contributed by atoms with Gasteiger partial charge in [0.1, 0.15) is 0 Å². The van der Waals surface area contributed by atoms with Crippen molar-refractivity contribution in [1.82, 2.24) is 5.32 Å². The maximum Gasteiger partial charge on any atom is 0.162 e. The molecule has 1 aromatic rings. The predicted octanol–water partition coefficient (Wildman–Crippen LogP) is 4.56. The van der Waals surface area contributed by atoms with Crippen molar-refractivity contribution in [3.05, 3.63) is 35.4 Å². The van der Waals surface area contributed by atoms with Gasteiger partial charge in [0, 0.05) is 6.04 Å². The van der Waals surface area contributed by atoms with Gasteiger partial charge in [0.2, 0.25) is 0 Å². The molecule has 1 unspecified atom stereocenters. The highest BCUT2D eigenvalue weighted by Gasteiger charge is 2.66. The van der Waals surface area contributed by atoms with Crippen molar-refractivity contribution in [2.24, 2.45) is 16.7 Å². The summed E-state index contributed by atoms with van der Waals surface area (Å²) in [7, 11) is 0. The molecule has 2 rings (SSSR count). The topological polar surface area (TPSA) is 12.0 Å². The van der Waals surface area contributed by atoms with Gasteiger partial charge in [-0.15, -0.1) is 0 Å². The Balaban J connectivity index is 2.20. The van der Waals surface area contributed by atoms with Crippen LogP contribution < -0.4 is 5.32 Å². The lowest BCUT2D eigenvalue weighted by Gasteiger charge is -2.21. The van der Waals surface area contributed by atoms with Gasteiger partial charge in [-0.25, -0.2) is 8.78 Å². The predicted molar refractivity (Wildman–Crippen MR) is 83.2 cm³/mol. The lowest BCUT2D eigenvalue weighted by molar-refractivity contribution is 0.387. The molecule has 0 spiro atoms. The number of hydrogen-bond acceptors (Lipinski definition) is 1. The second-order valence-corrected chi connectivity index (χ2v) is 7.40. The zero-order valence-electron chi connectivity index (χ0n) is 13.8. The molecule has 0 heterocycles. The molecule has 0 amide bonds. The van der Waals surface area contributed by atoms with Crippen LogP contribution in [0.2, 0.25) is 0 Å². The van der Waals surface area contributed by atoms with Crippen molar-refractivity contribution in [1.29, 1.82) is 0 Å². The van der Waals surface area contributed by atoms with Crippen LogP contribution in [-0.2, 0) is 6.42 Å². The van der Waals surface area contributed by atoms with E-state index in [2.05, 4.69) is 39.9 Å². The zero-order valence-corrected chi connectivity index (χ0v) is 13.8. The Hall–Kier alpha value is -0.960. The van der Waals surface area contributed by atoms with Gasteiger partial charge >= 0.3 is 0 Å². The van der Waals surface area contributed by atoms with E-state index >= 15 is 0 Å². The first-order chi connectivity index (χ1) is 9.73. The van der Waals surface area contributed by atoms with Gasteiger partial charge in [-0.05, 0) is 47.8 Å². The highest BCUT2D eigenvalue weighted by molar-refractivity contribution is 5.24. The summed E-state index contributed by atoms with van der Waals surface area (Å²) >= 11 is 0. The maximum atomic E-state index is 14.0. The van der Waals surface area contributed by atoms with Gasteiger partial charge in [-0.1, -0.05) is 46.8 Å². The maximum absolute atomic E-state index is 14.0. The SMILES string of the molecule is CCCNC(Cc1cccc(F)c1F)C1C(C)(C)C1(C)C. The van der Waals surface area contributed by atoms with E-state index in [4.69, 9.17) is 0 Å². The van der Waals surface area contributed by atoms with Crippen LogP contribution in [0.15, 0.2) is 18.2 Å². The summed E-state index contributed by atoms with van der Waals surface area (Å²) < 4.78 is 27.4. The van der Waals surface area contributed by atoms with E-state index in [-0.39, 0.29) is 16.9 Å². The van der Waals surface area contributed by atoms with Crippen molar-refractivity contribution in [2.75, 3.05) is 6.54 Å². The first-order valence-electron chi connectivity index (χ1n) is 7.89. The monoisotopic (exact) mass is 295 g/mol. The lowest BCUT2D eigenvalue weighted by Crippen LogP contribution is -2.36. The molecule has 1 fully saturated rings. The number of halogens is 2. The van der Waals surface area contributed by atoms with Crippen molar-refractivity contribution in [2.45, 2.75) is 53.5 Å². The summed E-state index contributed by atoms with van der Waals surface area (Å²) in [5.74, 6) is -0.979. The summed E-state index contributed by atoms with van der Waals surface area (Å²) in [6, 6.07) is 4.65. The third-order valence-corrected chi connectivity index (χ3v) is 5.66. The van der Waals surface area contributed by atoms with Gasteiger partial charge in [0.15, 0.2) is 11.6 Å². The molecule has 1 nitrogen and oxygen atoms in total. The smallest absolute Gasteiger partial charge is 0.162 e. The Morgan fingerprint density at radius 2 is 1.76 bits per heavy atom. The van der Waals surface area contributed by atoms with E-state index in [1.807, 2.05) is 0 Å². The van der Waals surface area contributed by atoms with Gasteiger partial charge in [0.25, 0.3) is 0 Å². The van der Waals surface area contributed by atoms with Crippen LogP contribution >= 0.6 is 0 Å². The molecule has 118 valence electrons. The molecule has 3 heteroatoms. The molecule has 0 aromatic heterocycles. The van der Waals surface area contributed by atoms with Crippen LogP contribution in [0.25, 0.3) is 0 Å². The highest BCUT2D eigenvalue weighted by Crippen LogP contribution is 2.69. The third kappa shape index (κ3) is 2.85. The summed E-state index contributed by atoms with van der Waals surface area (Å²) in [6.07, 6.45) is 1.58. The lowest BCUT2D eigenvalue weighted by atomic mass is 9.96. The Kier molecular flexibility index (Phi) is 4.44. The van der Waals surface area contributed by atoms with E-state index in [9.17, 15) is 8.78 Å². The van der Waals surface area contributed by atoms with Gasteiger partial charge < -0.3 is 5.32 Å². The molecule has 1 aromatic carbocycles. The van der Waals surface area contributed by atoms with Crippen LogP contribution in [0.4, 0.5) is 8.78 Å². The fourth-order valence-corrected chi connectivity index (χ4v) is 3.83. The van der Waals surface area contributed by atoms with Crippen LogP contribution in [0.5, 0.6) is 0 Å². The quantitative estimate of drug-likeness (QED) is 0.811. The molecule has 1 atom stereocenters. The van der Waals surface area contributed by atoms with E-state index in [1.54, 1.807) is 12.1 Å². The van der Waals surface area contributed by atoms with Crippen molar-refractivity contribution < 1.29 is 8.78 Å². The van der Waals surface area contributed by atoms with Crippen molar-refractivity contribution in [3.63, 3.8) is 0 Å². The number of benzene rings is 1. The molecule has 1 saturated carbocycles. The number of nitrogens with one attached hydrogen (secondary N) is 1. The Morgan fingerprint density at radius 1 is 1.14 bits per heavy atom. The molecule has 21 heavy (non-hydrogen) atoms. The number of hydrogen-bond donors (Lipinski definition) is 1. The largest absolute Gasteiger partial charge is 0.313 e. The molecule has 0 saturated heterocycles. The normalized spacial score (nSPS) is 21.3. The number of rotatable bonds is 6. The van der Waals surface area contributed by atoms with Crippen molar-refractivity contribution in [3.8, 4) is 0 Å². The fraction of sp³-hybridized carbons (Fsp3) is 0.667. The molecule has 0 aliphatic heterocycles. The third-order valence-electron chi connectivity index (χ3n) is 5.66. The first-order valence-corrected chi connectivity index (χ1v) is 7.89. The van der Waals surface area contributed by atoms with Crippen molar-refractivity contribution >= 4 is 0 Å². The molecule has 1 aliphatic carbocycles. The Bertz CT molecular complexity index is 494. The molecule has 1 N–H and O–H groups in total. The molecular formula is C18H27F2N. The minimum absolute atomic E-state index is 0.186. The minimum atomic E-state index is -0.754. The Labute approximate surface area is 127 Å². The molecule has 0 bridgehead atoms. The van der Waals surface area contributed by atoms with Crippen LogP contribution in [0.1, 0.15) is 46.6 Å². The van der Waals surface area contributed by atoms with Gasteiger partial charge in [0.05, 0.1) is 0 Å². The van der Waals surface area contributed by atoms with Crippen LogP contribution in [0.3, 0.4) is 0 Å². The minimum Gasteiger partial charge on any atom is -0.313 e. The van der Waals surface area contributed by atoms with E-state index in [0.29, 0.717) is 17.9 Å². The van der Waals surface area contributed by atoms with E-state index in [1.165, 1.54) is 6.07 Å². The van der Waals surface area contributed by atoms with Gasteiger partial charge in [-0.3, -0.25) is 0 Å². The van der Waals surface area contributed by atoms with E-state index < -0.39 is 11.6 Å². The van der Waals surface area contributed by atoms with Gasteiger partial charge in [-0.2, -0.15) is 0 Å². The molecular weight excluding hydrogens is 268 g/mol. The first kappa shape index (κ1) is 16.4.